The number of thioether (sulfide) groups is 2. The van der Waals surface area contributed by atoms with E-state index in [1.807, 2.05) is 6.92 Å². The lowest BCUT2D eigenvalue weighted by molar-refractivity contribution is -0.145. The van der Waals surface area contributed by atoms with Gasteiger partial charge in [-0.3, -0.25) is 24.2 Å². The van der Waals surface area contributed by atoms with Gasteiger partial charge in [-0.15, -0.1) is 11.8 Å². The lowest BCUT2D eigenvalue weighted by Crippen LogP contribution is -2.68. The van der Waals surface area contributed by atoms with Crippen LogP contribution in [0.3, 0.4) is 0 Å². The highest BCUT2D eigenvalue weighted by molar-refractivity contribution is 8.14. The lowest BCUT2D eigenvalue weighted by atomic mass is 10.0. The zero-order valence-corrected chi connectivity index (χ0v) is 20.2. The number of likely N-dealkylation sites (tertiary alicyclic amines) is 1. The van der Waals surface area contributed by atoms with Gasteiger partial charge in [0.1, 0.15) is 23.6 Å². The average molecular weight is 504 g/mol. The Morgan fingerprint density at radius 3 is 2.70 bits per heavy atom. The van der Waals surface area contributed by atoms with E-state index in [4.69, 9.17) is 20.8 Å². The number of amidine groups is 1. The largest absolute Gasteiger partial charge is 0.481 e. The molecular weight excluding hydrogens is 474 g/mol. The van der Waals surface area contributed by atoms with Crippen molar-refractivity contribution in [2.45, 2.75) is 68.3 Å². The third kappa shape index (κ3) is 7.52. The molecule has 1 saturated heterocycles. The van der Waals surface area contributed by atoms with E-state index in [-0.39, 0.29) is 35.5 Å². The highest BCUT2D eigenvalue weighted by Crippen LogP contribution is 2.30. The Balaban J connectivity index is 2.18. The summed E-state index contributed by atoms with van der Waals surface area (Å²) in [5.74, 6) is -2.73. The van der Waals surface area contributed by atoms with Crippen LogP contribution in [0.1, 0.15) is 39.5 Å². The van der Waals surface area contributed by atoms with Gasteiger partial charge in [-0.2, -0.15) is 0 Å². The quantitative estimate of drug-likeness (QED) is 0.164. The van der Waals surface area contributed by atoms with E-state index in [9.17, 15) is 19.2 Å². The van der Waals surface area contributed by atoms with Crippen molar-refractivity contribution < 1.29 is 34.2 Å². The number of nitrogens with one attached hydrogen (secondary N) is 1. The third-order valence-corrected chi connectivity index (χ3v) is 7.60. The number of oxime groups is 1. The minimum atomic E-state index is -1.07. The highest BCUT2D eigenvalue weighted by atomic mass is 32.2. The number of aliphatic carboxylic acids is 2. The van der Waals surface area contributed by atoms with Gasteiger partial charge in [0.05, 0.1) is 12.8 Å². The van der Waals surface area contributed by atoms with Crippen molar-refractivity contribution in [2.24, 2.45) is 15.9 Å². The van der Waals surface area contributed by atoms with Gasteiger partial charge < -0.3 is 31.0 Å². The summed E-state index contributed by atoms with van der Waals surface area (Å²) in [6.07, 6.45) is 0.0905. The van der Waals surface area contributed by atoms with Crippen molar-refractivity contribution in [3.63, 3.8) is 0 Å². The second kappa shape index (κ2) is 12.1. The molecule has 0 aromatic heterocycles. The minimum Gasteiger partial charge on any atom is -0.481 e. The summed E-state index contributed by atoms with van der Waals surface area (Å²) in [5, 5.41) is 24.3. The maximum absolute atomic E-state index is 13.1. The number of nitrogens with two attached hydrogens (primary N) is 1. The summed E-state index contributed by atoms with van der Waals surface area (Å²) < 4.78 is 0. The molecule has 14 heteroatoms. The van der Waals surface area contributed by atoms with Crippen LogP contribution in [0.5, 0.6) is 0 Å². The molecule has 2 amide bonds. The van der Waals surface area contributed by atoms with Crippen LogP contribution in [0.25, 0.3) is 0 Å². The number of likely N-dealkylation sites (N-methyl/N-ethyl adjacent to an activating group) is 1. The molecule has 12 nitrogen and oxygen atoms in total. The first-order valence-corrected chi connectivity index (χ1v) is 12.3. The van der Waals surface area contributed by atoms with Crippen molar-refractivity contribution >= 4 is 58.2 Å². The monoisotopic (exact) mass is 503 g/mol. The average Bonchev–Trinajstić information content (AvgIpc) is 2.74. The van der Waals surface area contributed by atoms with Crippen molar-refractivity contribution in [3.05, 3.63) is 0 Å². The Morgan fingerprint density at radius 1 is 1.39 bits per heavy atom. The lowest BCUT2D eigenvalue weighted by Gasteiger charge is -2.44. The smallest absolute Gasteiger partial charge is 0.307 e. The summed E-state index contributed by atoms with van der Waals surface area (Å²) in [4.78, 5) is 58.2. The topological polar surface area (TPSA) is 184 Å². The number of nitrogens with zero attached hydrogens (tertiary/aromatic N) is 3. The molecule has 2 aliphatic heterocycles. The molecule has 4 unspecified atom stereocenters. The molecule has 0 spiro atoms. The Labute approximate surface area is 199 Å². The van der Waals surface area contributed by atoms with E-state index < -0.39 is 41.4 Å². The molecule has 1 fully saturated rings. The number of aliphatic imine (C=N–C) groups is 1. The predicted molar refractivity (Wildman–Crippen MR) is 125 cm³/mol. The number of rotatable bonds is 12. The molecule has 0 saturated carbocycles. The molecule has 0 aliphatic carbocycles. The second-order valence-electron chi connectivity index (χ2n) is 7.66. The van der Waals surface area contributed by atoms with E-state index >= 15 is 0 Å². The van der Waals surface area contributed by atoms with Crippen LogP contribution in [0.15, 0.2) is 10.1 Å². The predicted octanol–water partition coefficient (Wildman–Crippen LogP) is 0.312. The van der Waals surface area contributed by atoms with E-state index in [0.29, 0.717) is 11.6 Å². The van der Waals surface area contributed by atoms with Crippen LogP contribution in [0, 0.1) is 0 Å². The summed E-state index contributed by atoms with van der Waals surface area (Å²) in [5.41, 5.74) is 5.83. The minimum absolute atomic E-state index is 0.0714. The van der Waals surface area contributed by atoms with Crippen molar-refractivity contribution in [1.29, 1.82) is 0 Å². The van der Waals surface area contributed by atoms with E-state index in [2.05, 4.69) is 15.5 Å². The third-order valence-electron chi connectivity index (χ3n) is 5.03. The molecule has 2 aliphatic rings. The van der Waals surface area contributed by atoms with Crippen LogP contribution < -0.4 is 11.1 Å². The summed E-state index contributed by atoms with van der Waals surface area (Å²) in [6.45, 7) is 3.49. The standard InChI is InChI=1S/C19H29N5O7S2/c1-4-10-8-11(21-19(20)33-10)14(23-31-9(2)7-13(27)28)16(29)22-15-17(30)24(3)18(15)32-6-5-12(25)26/h9-11,15,18H,4-8H2,1-3H3,(H2,20,21)(H,22,29)(H,25,26)(H,27,28)/b23-14-/t9?,10?,11?,15?,18-/m1/s1. The molecule has 0 bridgehead atoms. The van der Waals surface area contributed by atoms with Crippen LogP contribution in [-0.2, 0) is 24.0 Å². The first-order valence-electron chi connectivity index (χ1n) is 10.4. The van der Waals surface area contributed by atoms with Crippen molar-refractivity contribution in [1.82, 2.24) is 10.2 Å². The van der Waals surface area contributed by atoms with E-state index in [0.717, 1.165) is 6.42 Å². The van der Waals surface area contributed by atoms with Gasteiger partial charge in [-0.25, -0.2) is 0 Å². The Hall–Kier alpha value is -2.48. The van der Waals surface area contributed by atoms with Gasteiger partial charge >= 0.3 is 11.9 Å². The summed E-state index contributed by atoms with van der Waals surface area (Å²) >= 11 is 2.66. The highest BCUT2D eigenvalue weighted by Gasteiger charge is 2.47. The molecule has 2 heterocycles. The van der Waals surface area contributed by atoms with Crippen LogP contribution in [0.4, 0.5) is 0 Å². The first kappa shape index (κ1) is 26.8. The Morgan fingerprint density at radius 2 is 2.09 bits per heavy atom. The number of carboxylic acid groups (broad SMARTS) is 2. The van der Waals surface area contributed by atoms with Gasteiger partial charge in [-0.1, -0.05) is 23.8 Å². The SMILES string of the molecule is CCC1CC(/C(=N/OC(C)CC(=O)O)C(=O)NC2C(=O)N(C)[C@@H]2SCCC(=O)O)N=C(N)S1. The van der Waals surface area contributed by atoms with Crippen molar-refractivity contribution in [2.75, 3.05) is 12.8 Å². The van der Waals surface area contributed by atoms with Gasteiger partial charge in [0, 0.05) is 18.1 Å². The molecule has 0 radical (unpaired) electrons. The Kier molecular flexibility index (Phi) is 9.83. The maximum atomic E-state index is 13.1. The summed E-state index contributed by atoms with van der Waals surface area (Å²) in [6, 6.07) is -1.57. The Bertz CT molecular complexity index is 837. The number of carbonyl (C=O) groups is 4. The van der Waals surface area contributed by atoms with Crippen LogP contribution in [-0.4, -0.2) is 91.4 Å². The van der Waals surface area contributed by atoms with Gasteiger partial charge in [0.2, 0.25) is 5.91 Å². The van der Waals surface area contributed by atoms with Crippen LogP contribution in [0.2, 0.25) is 0 Å². The zero-order valence-electron chi connectivity index (χ0n) is 18.6. The fourth-order valence-corrected chi connectivity index (χ4v) is 5.46. The molecular formula is C19H29N5O7S2. The number of β-lactam (4-membered cyclic amide) rings is 1. The molecule has 2 rings (SSSR count). The van der Waals surface area contributed by atoms with E-state index in [1.54, 1.807) is 7.05 Å². The molecule has 0 aromatic rings. The maximum Gasteiger partial charge on any atom is 0.307 e. The number of amides is 2. The molecule has 0 aromatic carbocycles. The van der Waals surface area contributed by atoms with Crippen LogP contribution >= 0.6 is 23.5 Å². The van der Waals surface area contributed by atoms with E-state index in [1.165, 1.54) is 35.3 Å². The number of carbonyl (C=O) groups excluding carboxylic acids is 2. The van der Waals surface area contributed by atoms with Crippen molar-refractivity contribution in [3.8, 4) is 0 Å². The number of hydrogen-bond acceptors (Lipinski definition) is 10. The van der Waals surface area contributed by atoms with Gasteiger partial charge in [0.15, 0.2) is 10.9 Å². The second-order valence-corrected chi connectivity index (χ2v) is 10.2. The van der Waals surface area contributed by atoms with Gasteiger partial charge in [0.25, 0.3) is 5.91 Å². The number of hydrogen-bond donors (Lipinski definition) is 4. The molecule has 33 heavy (non-hydrogen) atoms. The number of carboxylic acids is 2. The van der Waals surface area contributed by atoms with Gasteiger partial charge in [-0.05, 0) is 19.8 Å². The zero-order chi connectivity index (χ0) is 24.7. The first-order chi connectivity index (χ1) is 15.5. The molecule has 184 valence electrons. The normalized spacial score (nSPS) is 26.2. The summed E-state index contributed by atoms with van der Waals surface area (Å²) in [7, 11) is 1.57. The fraction of sp³-hybridized carbons (Fsp3) is 0.684. The molecule has 5 N–H and O–H groups in total. The molecule has 5 atom stereocenters. The fourth-order valence-electron chi connectivity index (χ4n) is 3.24.